The number of hydrogen-bond acceptors (Lipinski definition) is 3. The fourth-order valence-corrected chi connectivity index (χ4v) is 1.53. The minimum absolute atomic E-state index is 0.119. The second-order valence-corrected chi connectivity index (χ2v) is 2.84. The van der Waals surface area contributed by atoms with Crippen LogP contribution in [0.1, 0.15) is 12.8 Å². The summed E-state index contributed by atoms with van der Waals surface area (Å²) in [5.74, 6) is 7.42. The van der Waals surface area contributed by atoms with E-state index in [9.17, 15) is 4.79 Å². The molecule has 0 aromatic carbocycles. The van der Waals surface area contributed by atoms with Crippen LogP contribution in [0.4, 0.5) is 0 Å². The van der Waals surface area contributed by atoms with E-state index >= 15 is 0 Å². The second-order valence-electron chi connectivity index (χ2n) is 2.84. The Balaban J connectivity index is 2.52. The molecule has 1 atom stereocenters. The molecule has 0 aromatic heterocycles. The highest BCUT2D eigenvalue weighted by atomic mass is 16.2. The van der Waals surface area contributed by atoms with Crippen LogP contribution in [0.25, 0.3) is 0 Å². The highest BCUT2D eigenvalue weighted by molar-refractivity contribution is 5.81. The molecular formula is C8H13N3O. The van der Waals surface area contributed by atoms with E-state index < -0.39 is 0 Å². The Labute approximate surface area is 72.1 Å². The molecule has 1 amide bonds. The number of amides is 1. The van der Waals surface area contributed by atoms with Gasteiger partial charge in [0.25, 0.3) is 5.91 Å². The van der Waals surface area contributed by atoms with Gasteiger partial charge >= 0.3 is 0 Å². The van der Waals surface area contributed by atoms with Crippen LogP contribution in [0, 0.1) is 12.3 Å². The lowest BCUT2D eigenvalue weighted by Crippen LogP contribution is -2.45. The smallest absolute Gasteiger partial charge is 0.251 e. The average molecular weight is 167 g/mol. The summed E-state index contributed by atoms with van der Waals surface area (Å²) in [6.07, 6.45) is 7.02. The van der Waals surface area contributed by atoms with Gasteiger partial charge in [-0.15, -0.1) is 6.42 Å². The highest BCUT2D eigenvalue weighted by Crippen LogP contribution is 2.15. The number of terminal acetylenes is 1. The third kappa shape index (κ3) is 1.76. The standard InChI is InChI=1S/C8H13N3O/c1-2-5-11-6-3-4-7(11)8(12)10-9/h1,7H,3-6,9H2,(H,10,12)/t7-/m0/s1. The first kappa shape index (κ1) is 9.04. The zero-order valence-electron chi connectivity index (χ0n) is 6.92. The largest absolute Gasteiger partial charge is 0.293 e. The Hall–Kier alpha value is -1.05. The number of hydrogen-bond donors (Lipinski definition) is 2. The predicted molar refractivity (Wildman–Crippen MR) is 45.8 cm³/mol. The Morgan fingerprint density at radius 2 is 2.58 bits per heavy atom. The van der Waals surface area contributed by atoms with Crippen molar-refractivity contribution in [3.63, 3.8) is 0 Å². The molecule has 1 saturated heterocycles. The lowest BCUT2D eigenvalue weighted by molar-refractivity contribution is -0.125. The summed E-state index contributed by atoms with van der Waals surface area (Å²) in [6, 6.07) is -0.119. The first-order valence-corrected chi connectivity index (χ1v) is 3.97. The molecule has 1 aliphatic rings. The van der Waals surface area contributed by atoms with Crippen LogP contribution in [-0.2, 0) is 4.79 Å². The van der Waals surface area contributed by atoms with E-state index in [0.29, 0.717) is 6.54 Å². The number of carbonyl (C=O) groups excluding carboxylic acids is 1. The maximum Gasteiger partial charge on any atom is 0.251 e. The summed E-state index contributed by atoms with van der Waals surface area (Å²) in [5.41, 5.74) is 2.15. The zero-order valence-corrected chi connectivity index (χ0v) is 6.92. The SMILES string of the molecule is C#CCN1CCC[C@H]1C(=O)NN. The summed E-state index contributed by atoms with van der Waals surface area (Å²) >= 11 is 0. The summed E-state index contributed by atoms with van der Waals surface area (Å²) in [6.45, 7) is 1.42. The molecule has 4 nitrogen and oxygen atoms in total. The lowest BCUT2D eigenvalue weighted by Gasteiger charge is -2.19. The minimum atomic E-state index is -0.136. The maximum atomic E-state index is 11.2. The summed E-state index contributed by atoms with van der Waals surface area (Å²) in [5, 5.41) is 0. The average Bonchev–Trinajstić information content (AvgIpc) is 2.52. The Morgan fingerprint density at radius 1 is 1.83 bits per heavy atom. The third-order valence-corrected chi connectivity index (χ3v) is 2.10. The van der Waals surface area contributed by atoms with Gasteiger partial charge in [0.15, 0.2) is 0 Å². The quantitative estimate of drug-likeness (QED) is 0.242. The normalized spacial score (nSPS) is 23.5. The Bertz CT molecular complexity index is 209. The van der Waals surface area contributed by atoms with Gasteiger partial charge in [-0.2, -0.15) is 0 Å². The van der Waals surface area contributed by atoms with Crippen LogP contribution >= 0.6 is 0 Å². The predicted octanol–water partition coefficient (Wildman–Crippen LogP) is -0.926. The van der Waals surface area contributed by atoms with Gasteiger partial charge in [0.1, 0.15) is 0 Å². The molecule has 1 aliphatic heterocycles. The maximum absolute atomic E-state index is 11.2. The van der Waals surface area contributed by atoms with E-state index in [2.05, 4.69) is 11.3 Å². The molecule has 12 heavy (non-hydrogen) atoms. The molecule has 4 heteroatoms. The molecule has 1 rings (SSSR count). The van der Waals surface area contributed by atoms with Crippen molar-refractivity contribution in [3.05, 3.63) is 0 Å². The van der Waals surface area contributed by atoms with Crippen molar-refractivity contribution in [3.8, 4) is 12.3 Å². The van der Waals surface area contributed by atoms with E-state index in [4.69, 9.17) is 12.3 Å². The van der Waals surface area contributed by atoms with Crippen molar-refractivity contribution in [2.75, 3.05) is 13.1 Å². The molecule has 1 heterocycles. The van der Waals surface area contributed by atoms with Crippen LogP contribution in [0.5, 0.6) is 0 Å². The zero-order chi connectivity index (χ0) is 8.97. The van der Waals surface area contributed by atoms with Crippen molar-refractivity contribution < 1.29 is 4.79 Å². The number of nitrogens with two attached hydrogens (primary N) is 1. The van der Waals surface area contributed by atoms with E-state index in [1.54, 1.807) is 0 Å². The number of nitrogens with zero attached hydrogens (tertiary/aromatic N) is 1. The van der Waals surface area contributed by atoms with Crippen LogP contribution in [0.15, 0.2) is 0 Å². The molecule has 0 radical (unpaired) electrons. The molecular weight excluding hydrogens is 154 g/mol. The van der Waals surface area contributed by atoms with Crippen LogP contribution < -0.4 is 11.3 Å². The number of carbonyl (C=O) groups is 1. The van der Waals surface area contributed by atoms with Crippen molar-refractivity contribution in [1.82, 2.24) is 10.3 Å². The third-order valence-electron chi connectivity index (χ3n) is 2.10. The summed E-state index contributed by atoms with van der Waals surface area (Å²) in [7, 11) is 0. The molecule has 0 spiro atoms. The lowest BCUT2D eigenvalue weighted by atomic mass is 10.2. The Kier molecular flexibility index (Phi) is 3.09. The van der Waals surface area contributed by atoms with Gasteiger partial charge < -0.3 is 0 Å². The van der Waals surface area contributed by atoms with Gasteiger partial charge in [0.05, 0.1) is 12.6 Å². The van der Waals surface area contributed by atoms with Crippen molar-refractivity contribution in [2.24, 2.45) is 5.84 Å². The summed E-state index contributed by atoms with van der Waals surface area (Å²) in [4.78, 5) is 13.1. The van der Waals surface area contributed by atoms with Crippen molar-refractivity contribution in [2.45, 2.75) is 18.9 Å². The second kappa shape index (κ2) is 4.10. The van der Waals surface area contributed by atoms with Crippen LogP contribution in [0.2, 0.25) is 0 Å². The first-order chi connectivity index (χ1) is 5.79. The molecule has 0 bridgehead atoms. The number of rotatable bonds is 2. The van der Waals surface area contributed by atoms with Gasteiger partial charge in [0.2, 0.25) is 0 Å². The van der Waals surface area contributed by atoms with Gasteiger partial charge in [-0.25, -0.2) is 5.84 Å². The van der Waals surface area contributed by atoms with E-state index in [1.807, 2.05) is 4.90 Å². The number of nitrogens with one attached hydrogen (secondary N) is 1. The first-order valence-electron chi connectivity index (χ1n) is 3.97. The van der Waals surface area contributed by atoms with Crippen molar-refractivity contribution in [1.29, 1.82) is 0 Å². The molecule has 1 fully saturated rings. The van der Waals surface area contributed by atoms with Crippen LogP contribution in [-0.4, -0.2) is 29.9 Å². The molecule has 3 N–H and O–H groups in total. The number of hydrazine groups is 1. The van der Waals surface area contributed by atoms with Gasteiger partial charge in [-0.1, -0.05) is 5.92 Å². The number of likely N-dealkylation sites (tertiary alicyclic amines) is 1. The van der Waals surface area contributed by atoms with Gasteiger partial charge in [-0.3, -0.25) is 15.1 Å². The summed E-state index contributed by atoms with van der Waals surface area (Å²) < 4.78 is 0. The van der Waals surface area contributed by atoms with Gasteiger partial charge in [0, 0.05) is 0 Å². The van der Waals surface area contributed by atoms with Gasteiger partial charge in [-0.05, 0) is 19.4 Å². The topological polar surface area (TPSA) is 58.4 Å². The highest BCUT2D eigenvalue weighted by Gasteiger charge is 2.29. The van der Waals surface area contributed by atoms with E-state index in [-0.39, 0.29) is 11.9 Å². The van der Waals surface area contributed by atoms with Crippen LogP contribution in [0.3, 0.4) is 0 Å². The van der Waals surface area contributed by atoms with E-state index in [1.165, 1.54) is 0 Å². The molecule has 0 aromatic rings. The molecule has 66 valence electrons. The minimum Gasteiger partial charge on any atom is -0.293 e. The van der Waals surface area contributed by atoms with Crippen molar-refractivity contribution >= 4 is 5.91 Å². The monoisotopic (exact) mass is 167 g/mol. The molecule has 0 saturated carbocycles. The Morgan fingerprint density at radius 3 is 3.17 bits per heavy atom. The fourth-order valence-electron chi connectivity index (χ4n) is 1.53. The van der Waals surface area contributed by atoms with E-state index in [0.717, 1.165) is 19.4 Å². The molecule has 0 aliphatic carbocycles. The molecule has 0 unspecified atom stereocenters. The fraction of sp³-hybridized carbons (Fsp3) is 0.625.